The Bertz CT molecular complexity index is 623. The highest BCUT2D eigenvalue weighted by atomic mass is 16.2. The third-order valence-electron chi connectivity index (χ3n) is 4.58. The molecule has 0 bridgehead atoms. The number of H-pyrrole nitrogens is 1. The van der Waals surface area contributed by atoms with E-state index in [0.29, 0.717) is 0 Å². The quantitative estimate of drug-likeness (QED) is 0.881. The molecule has 20 heavy (non-hydrogen) atoms. The fourth-order valence-electron chi connectivity index (χ4n) is 2.87. The van der Waals surface area contributed by atoms with Gasteiger partial charge in [-0.05, 0) is 32.9 Å². The van der Waals surface area contributed by atoms with Crippen LogP contribution in [0, 0.1) is 0 Å². The van der Waals surface area contributed by atoms with Crippen LogP contribution >= 0.6 is 0 Å². The van der Waals surface area contributed by atoms with Crippen LogP contribution in [0.2, 0.25) is 0 Å². The lowest BCUT2D eigenvalue weighted by Gasteiger charge is -2.39. The molecule has 0 unspecified atom stereocenters. The number of carbonyl (C=O) groups is 1. The number of amides is 1. The molecule has 4 nitrogen and oxygen atoms in total. The summed E-state index contributed by atoms with van der Waals surface area (Å²) >= 11 is 0. The minimum absolute atomic E-state index is 0.139. The van der Waals surface area contributed by atoms with Gasteiger partial charge in [-0.25, -0.2) is 0 Å². The van der Waals surface area contributed by atoms with Crippen molar-refractivity contribution in [2.24, 2.45) is 0 Å². The van der Waals surface area contributed by atoms with Crippen molar-refractivity contribution in [1.82, 2.24) is 15.2 Å². The van der Waals surface area contributed by atoms with Crippen molar-refractivity contribution in [2.75, 3.05) is 20.1 Å². The van der Waals surface area contributed by atoms with Crippen LogP contribution in [0.15, 0.2) is 30.5 Å². The molecular weight excluding hydrogens is 250 g/mol. The molecule has 1 fully saturated rings. The first-order valence-electron chi connectivity index (χ1n) is 7.17. The molecule has 0 aliphatic carbocycles. The normalized spacial score (nSPS) is 18.4. The number of benzene rings is 1. The molecule has 1 aromatic heterocycles. The molecule has 2 N–H and O–H groups in total. The first kappa shape index (κ1) is 13.2. The summed E-state index contributed by atoms with van der Waals surface area (Å²) in [6, 6.07) is 7.95. The van der Waals surface area contributed by atoms with E-state index in [0.717, 1.165) is 42.4 Å². The Labute approximate surface area is 119 Å². The van der Waals surface area contributed by atoms with Crippen LogP contribution in [0.3, 0.4) is 0 Å². The monoisotopic (exact) mass is 271 g/mol. The average Bonchev–Trinajstić information content (AvgIpc) is 2.91. The van der Waals surface area contributed by atoms with E-state index < -0.39 is 0 Å². The molecule has 0 radical (unpaired) electrons. The molecule has 0 saturated carbocycles. The number of nitrogens with zero attached hydrogens (tertiary/aromatic N) is 1. The Balaban J connectivity index is 1.80. The fraction of sp³-hybridized carbons (Fsp3) is 0.438. The summed E-state index contributed by atoms with van der Waals surface area (Å²) in [5, 5.41) is 4.37. The van der Waals surface area contributed by atoms with E-state index in [1.54, 1.807) is 0 Å². The Morgan fingerprint density at radius 3 is 2.70 bits per heavy atom. The minimum Gasteiger partial charge on any atom is -0.360 e. The highest BCUT2D eigenvalue weighted by Gasteiger charge is 2.31. The number of hydrogen-bond acceptors (Lipinski definition) is 2. The third-order valence-corrected chi connectivity index (χ3v) is 4.58. The van der Waals surface area contributed by atoms with E-state index >= 15 is 0 Å². The number of fused-ring (bicyclic) bond motifs is 1. The SMILES string of the molecule is CNC1(C)CCN(C(=O)c2c[nH]c3ccccc23)CC1. The van der Waals surface area contributed by atoms with Gasteiger partial charge in [0.25, 0.3) is 5.91 Å². The second-order valence-electron chi connectivity index (χ2n) is 5.85. The van der Waals surface area contributed by atoms with Crippen molar-refractivity contribution < 1.29 is 4.79 Å². The van der Waals surface area contributed by atoms with E-state index in [-0.39, 0.29) is 11.4 Å². The zero-order valence-electron chi connectivity index (χ0n) is 12.1. The lowest BCUT2D eigenvalue weighted by atomic mass is 9.89. The Hall–Kier alpha value is -1.81. The van der Waals surface area contributed by atoms with Crippen LogP contribution in [0.4, 0.5) is 0 Å². The maximum Gasteiger partial charge on any atom is 0.256 e. The number of nitrogens with one attached hydrogen (secondary N) is 2. The van der Waals surface area contributed by atoms with Gasteiger partial charge < -0.3 is 15.2 Å². The number of rotatable bonds is 2. The number of aromatic nitrogens is 1. The van der Waals surface area contributed by atoms with Crippen molar-refractivity contribution in [3.05, 3.63) is 36.0 Å². The number of hydrogen-bond donors (Lipinski definition) is 2. The van der Waals surface area contributed by atoms with Gasteiger partial charge >= 0.3 is 0 Å². The van der Waals surface area contributed by atoms with E-state index in [9.17, 15) is 4.79 Å². The van der Waals surface area contributed by atoms with Gasteiger partial charge in [0, 0.05) is 35.7 Å². The standard InChI is InChI=1S/C16H21N3O/c1-16(17-2)7-9-19(10-8-16)15(20)13-11-18-14-6-4-3-5-12(13)14/h3-6,11,17-18H,7-10H2,1-2H3. The molecule has 106 valence electrons. The van der Waals surface area contributed by atoms with Crippen LogP contribution in [0.1, 0.15) is 30.1 Å². The van der Waals surface area contributed by atoms with Crippen LogP contribution in [0.5, 0.6) is 0 Å². The lowest BCUT2D eigenvalue weighted by molar-refractivity contribution is 0.0664. The number of piperidine rings is 1. The van der Waals surface area contributed by atoms with E-state index in [1.165, 1.54) is 0 Å². The van der Waals surface area contributed by atoms with Gasteiger partial charge in [0.2, 0.25) is 0 Å². The fourth-order valence-corrected chi connectivity index (χ4v) is 2.87. The van der Waals surface area contributed by atoms with E-state index in [4.69, 9.17) is 0 Å². The first-order chi connectivity index (χ1) is 9.63. The summed E-state index contributed by atoms with van der Waals surface area (Å²) in [5.74, 6) is 0.139. The summed E-state index contributed by atoms with van der Waals surface area (Å²) in [4.78, 5) is 17.8. The Kier molecular flexibility index (Phi) is 3.26. The van der Waals surface area contributed by atoms with Crippen molar-refractivity contribution in [2.45, 2.75) is 25.3 Å². The minimum atomic E-state index is 0.139. The van der Waals surface area contributed by atoms with Gasteiger partial charge in [0.1, 0.15) is 0 Å². The van der Waals surface area contributed by atoms with Crippen molar-refractivity contribution in [1.29, 1.82) is 0 Å². The molecule has 1 aliphatic rings. The number of aromatic amines is 1. The van der Waals surface area contributed by atoms with Gasteiger partial charge in [-0.15, -0.1) is 0 Å². The van der Waals surface area contributed by atoms with Crippen molar-refractivity contribution in [3.8, 4) is 0 Å². The van der Waals surface area contributed by atoms with Crippen LogP contribution in [-0.4, -0.2) is 41.5 Å². The van der Waals surface area contributed by atoms with E-state index in [2.05, 4.69) is 17.2 Å². The highest BCUT2D eigenvalue weighted by molar-refractivity contribution is 6.06. The van der Waals surface area contributed by atoms with Crippen LogP contribution < -0.4 is 5.32 Å². The number of carbonyl (C=O) groups excluding carboxylic acids is 1. The molecule has 1 amide bonds. The highest BCUT2D eigenvalue weighted by Crippen LogP contribution is 2.25. The van der Waals surface area contributed by atoms with Gasteiger partial charge in [-0.2, -0.15) is 0 Å². The zero-order valence-corrected chi connectivity index (χ0v) is 12.1. The molecule has 1 saturated heterocycles. The number of likely N-dealkylation sites (tertiary alicyclic amines) is 1. The molecule has 0 spiro atoms. The van der Waals surface area contributed by atoms with Gasteiger partial charge in [0.05, 0.1) is 5.56 Å². The van der Waals surface area contributed by atoms with Gasteiger partial charge in [-0.1, -0.05) is 18.2 Å². The molecule has 4 heteroatoms. The van der Waals surface area contributed by atoms with Crippen LogP contribution in [0.25, 0.3) is 10.9 Å². The average molecular weight is 271 g/mol. The third kappa shape index (κ3) is 2.20. The Morgan fingerprint density at radius 1 is 1.30 bits per heavy atom. The van der Waals surface area contributed by atoms with Crippen LogP contribution in [-0.2, 0) is 0 Å². The lowest BCUT2D eigenvalue weighted by Crippen LogP contribution is -2.51. The second-order valence-corrected chi connectivity index (χ2v) is 5.85. The smallest absolute Gasteiger partial charge is 0.256 e. The topological polar surface area (TPSA) is 48.1 Å². The molecule has 2 heterocycles. The zero-order chi connectivity index (χ0) is 14.2. The summed E-state index contributed by atoms with van der Waals surface area (Å²) in [6.07, 6.45) is 3.83. The summed E-state index contributed by atoms with van der Waals surface area (Å²) < 4.78 is 0. The van der Waals surface area contributed by atoms with Gasteiger partial charge in [0.15, 0.2) is 0 Å². The molecule has 2 aromatic rings. The molecule has 1 aromatic carbocycles. The maximum atomic E-state index is 12.7. The molecule has 3 rings (SSSR count). The van der Waals surface area contributed by atoms with Gasteiger partial charge in [-0.3, -0.25) is 4.79 Å². The maximum absolute atomic E-state index is 12.7. The molecule has 0 atom stereocenters. The predicted octanol–water partition coefficient (Wildman–Crippen LogP) is 2.38. The van der Waals surface area contributed by atoms with E-state index in [1.807, 2.05) is 42.4 Å². The molecule has 1 aliphatic heterocycles. The largest absolute Gasteiger partial charge is 0.360 e. The molecular formula is C16H21N3O. The number of para-hydroxylation sites is 1. The first-order valence-corrected chi connectivity index (χ1v) is 7.17. The summed E-state index contributed by atoms with van der Waals surface area (Å²) in [6.45, 7) is 3.85. The predicted molar refractivity (Wildman–Crippen MR) is 80.9 cm³/mol. The van der Waals surface area contributed by atoms with Crippen molar-refractivity contribution in [3.63, 3.8) is 0 Å². The van der Waals surface area contributed by atoms with Crippen molar-refractivity contribution >= 4 is 16.8 Å². The second kappa shape index (κ2) is 4.94. The Morgan fingerprint density at radius 2 is 2.00 bits per heavy atom. The summed E-state index contributed by atoms with van der Waals surface area (Å²) in [7, 11) is 2.00. The summed E-state index contributed by atoms with van der Waals surface area (Å²) in [5.41, 5.74) is 1.97.